The van der Waals surface area contributed by atoms with Crippen LogP contribution in [0.3, 0.4) is 0 Å². The van der Waals surface area contributed by atoms with Crippen LogP contribution in [0.1, 0.15) is 56.0 Å². The summed E-state index contributed by atoms with van der Waals surface area (Å²) in [7, 11) is 0. The molecule has 0 aromatic heterocycles. The number of amides is 2. The topological polar surface area (TPSA) is 40.6 Å². The lowest BCUT2D eigenvalue weighted by Crippen LogP contribution is -2.53. The first-order chi connectivity index (χ1) is 12.4. The summed E-state index contributed by atoms with van der Waals surface area (Å²) in [4.78, 5) is 29.4. The number of carbonyl (C=O) groups excluding carboxylic acids is 2. The smallest absolute Gasteiger partial charge is 0.253 e. The summed E-state index contributed by atoms with van der Waals surface area (Å²) in [6.07, 6.45) is 3.35. The molecule has 0 radical (unpaired) electrons. The van der Waals surface area contributed by atoms with Crippen LogP contribution < -0.4 is 0 Å². The monoisotopic (exact) mass is 374 g/mol. The number of benzene rings is 1. The Hall–Kier alpha value is -1.49. The van der Waals surface area contributed by atoms with E-state index in [1.54, 1.807) is 0 Å². The highest BCUT2D eigenvalue weighted by molar-refractivity contribution is 8.00. The molecule has 2 aliphatic heterocycles. The summed E-state index contributed by atoms with van der Waals surface area (Å²) in [6, 6.07) is 7.96. The second-order valence-electron chi connectivity index (χ2n) is 7.78. The van der Waals surface area contributed by atoms with Gasteiger partial charge in [0.25, 0.3) is 5.91 Å². The van der Waals surface area contributed by atoms with Crippen LogP contribution >= 0.6 is 11.8 Å². The summed E-state index contributed by atoms with van der Waals surface area (Å²) >= 11 is 1.91. The third kappa shape index (κ3) is 3.93. The molecule has 0 N–H and O–H groups in total. The normalized spacial score (nSPS) is 19.4. The summed E-state index contributed by atoms with van der Waals surface area (Å²) in [5.74, 6) is 1.79. The predicted octanol–water partition coefficient (Wildman–Crippen LogP) is 3.80. The first-order valence-electron chi connectivity index (χ1n) is 9.78. The number of thioether (sulfide) groups is 1. The molecular formula is C21H30N2O2S. The van der Waals surface area contributed by atoms with Gasteiger partial charge in [-0.15, -0.1) is 11.8 Å². The summed E-state index contributed by atoms with van der Waals surface area (Å²) in [6.45, 7) is 8.62. The average Bonchev–Trinajstić information content (AvgIpc) is 3.04. The van der Waals surface area contributed by atoms with Crippen molar-refractivity contribution >= 4 is 23.6 Å². The molecule has 142 valence electrons. The first-order valence-corrected chi connectivity index (χ1v) is 10.8. The van der Waals surface area contributed by atoms with E-state index in [2.05, 4.69) is 25.7 Å². The van der Waals surface area contributed by atoms with Gasteiger partial charge in [-0.3, -0.25) is 9.59 Å². The van der Waals surface area contributed by atoms with Gasteiger partial charge < -0.3 is 9.80 Å². The summed E-state index contributed by atoms with van der Waals surface area (Å²) in [5, 5.41) is 0. The van der Waals surface area contributed by atoms with Gasteiger partial charge in [-0.25, -0.2) is 0 Å². The number of aryl methyl sites for hydroxylation is 1. The maximum absolute atomic E-state index is 12.8. The van der Waals surface area contributed by atoms with E-state index in [-0.39, 0.29) is 16.7 Å². The van der Waals surface area contributed by atoms with Crippen molar-refractivity contribution in [2.24, 2.45) is 5.92 Å². The zero-order chi connectivity index (χ0) is 18.7. The van der Waals surface area contributed by atoms with Gasteiger partial charge in [0.15, 0.2) is 0 Å². The van der Waals surface area contributed by atoms with Crippen molar-refractivity contribution < 1.29 is 9.59 Å². The zero-order valence-corrected chi connectivity index (χ0v) is 17.0. The van der Waals surface area contributed by atoms with E-state index in [0.717, 1.165) is 50.2 Å². The van der Waals surface area contributed by atoms with Crippen LogP contribution in [0, 0.1) is 5.92 Å². The molecule has 4 nitrogen and oxygen atoms in total. The Labute approximate surface area is 161 Å². The Morgan fingerprint density at radius 3 is 2.35 bits per heavy atom. The number of carbonyl (C=O) groups is 2. The van der Waals surface area contributed by atoms with Crippen molar-refractivity contribution in [2.75, 3.05) is 25.4 Å². The van der Waals surface area contributed by atoms with Crippen LogP contribution in [-0.2, 0) is 11.2 Å². The summed E-state index contributed by atoms with van der Waals surface area (Å²) in [5.41, 5.74) is 2.02. The van der Waals surface area contributed by atoms with E-state index in [1.807, 2.05) is 40.9 Å². The lowest BCUT2D eigenvalue weighted by molar-refractivity contribution is -0.135. The zero-order valence-electron chi connectivity index (χ0n) is 16.2. The molecule has 0 saturated carbocycles. The van der Waals surface area contributed by atoms with Crippen molar-refractivity contribution in [1.82, 2.24) is 9.80 Å². The van der Waals surface area contributed by atoms with Gasteiger partial charge in [0.1, 0.15) is 0 Å². The fraction of sp³-hybridized carbons (Fsp3) is 0.619. The molecule has 0 unspecified atom stereocenters. The molecule has 0 atom stereocenters. The number of piperidine rings is 1. The molecule has 2 aliphatic rings. The fourth-order valence-electron chi connectivity index (χ4n) is 3.96. The average molecular weight is 375 g/mol. The molecule has 0 bridgehead atoms. The van der Waals surface area contributed by atoms with Crippen LogP contribution in [-0.4, -0.2) is 51.9 Å². The fourth-order valence-corrected chi connectivity index (χ4v) is 5.43. The van der Waals surface area contributed by atoms with E-state index >= 15 is 0 Å². The lowest BCUT2D eigenvalue weighted by atomic mass is 9.99. The van der Waals surface area contributed by atoms with Crippen LogP contribution in [0.5, 0.6) is 0 Å². The SMILES string of the molecule is CCc1ccc(C(=O)N2CCC3(CC2)SCCN3C(=O)CC(C)C)cc1. The number of hydrogen-bond acceptors (Lipinski definition) is 3. The van der Waals surface area contributed by atoms with Gasteiger partial charge in [-0.2, -0.15) is 0 Å². The van der Waals surface area contributed by atoms with E-state index in [0.29, 0.717) is 12.3 Å². The third-order valence-electron chi connectivity index (χ3n) is 5.50. The highest BCUT2D eigenvalue weighted by Gasteiger charge is 2.46. The van der Waals surface area contributed by atoms with Crippen molar-refractivity contribution in [1.29, 1.82) is 0 Å². The quantitative estimate of drug-likeness (QED) is 0.805. The molecule has 0 aliphatic carbocycles. The molecule has 2 heterocycles. The highest BCUT2D eigenvalue weighted by atomic mass is 32.2. The number of hydrogen-bond donors (Lipinski definition) is 0. The Balaban J connectivity index is 1.64. The van der Waals surface area contributed by atoms with Crippen molar-refractivity contribution in [3.05, 3.63) is 35.4 Å². The minimum atomic E-state index is -0.0885. The molecule has 26 heavy (non-hydrogen) atoms. The van der Waals surface area contributed by atoms with Crippen LogP contribution in [0.4, 0.5) is 0 Å². The van der Waals surface area contributed by atoms with Crippen molar-refractivity contribution in [3.63, 3.8) is 0 Å². The van der Waals surface area contributed by atoms with E-state index in [1.165, 1.54) is 5.56 Å². The molecule has 1 aromatic rings. The van der Waals surface area contributed by atoms with Gasteiger partial charge in [0, 0.05) is 37.4 Å². The van der Waals surface area contributed by atoms with E-state index < -0.39 is 0 Å². The minimum Gasteiger partial charge on any atom is -0.338 e. The Kier molecular flexibility index (Phi) is 5.96. The van der Waals surface area contributed by atoms with Gasteiger partial charge in [0.05, 0.1) is 4.87 Å². The molecule has 2 fully saturated rings. The Morgan fingerprint density at radius 1 is 1.12 bits per heavy atom. The lowest BCUT2D eigenvalue weighted by Gasteiger charge is -2.44. The Morgan fingerprint density at radius 2 is 1.77 bits per heavy atom. The molecule has 5 heteroatoms. The van der Waals surface area contributed by atoms with Gasteiger partial charge in [0.2, 0.25) is 5.91 Å². The summed E-state index contributed by atoms with van der Waals surface area (Å²) < 4.78 is 0. The van der Waals surface area contributed by atoms with Crippen LogP contribution in [0.25, 0.3) is 0 Å². The first kappa shape index (κ1) is 19.3. The maximum Gasteiger partial charge on any atom is 0.253 e. The largest absolute Gasteiger partial charge is 0.338 e. The maximum atomic E-state index is 12.8. The van der Waals surface area contributed by atoms with E-state index in [4.69, 9.17) is 0 Å². The van der Waals surface area contributed by atoms with Crippen molar-refractivity contribution in [2.45, 2.75) is 51.3 Å². The van der Waals surface area contributed by atoms with Gasteiger partial charge in [-0.1, -0.05) is 32.9 Å². The van der Waals surface area contributed by atoms with Crippen molar-refractivity contribution in [3.8, 4) is 0 Å². The second-order valence-corrected chi connectivity index (χ2v) is 9.24. The molecule has 3 rings (SSSR count). The number of likely N-dealkylation sites (tertiary alicyclic amines) is 1. The third-order valence-corrected chi connectivity index (χ3v) is 7.06. The number of nitrogens with zero attached hydrogens (tertiary/aromatic N) is 2. The minimum absolute atomic E-state index is 0.0885. The van der Waals surface area contributed by atoms with E-state index in [9.17, 15) is 9.59 Å². The Bertz CT molecular complexity index is 648. The molecule has 1 spiro atoms. The molecule has 1 aromatic carbocycles. The van der Waals surface area contributed by atoms with Gasteiger partial charge in [-0.05, 0) is 42.9 Å². The molecule has 2 amide bonds. The van der Waals surface area contributed by atoms with Gasteiger partial charge >= 0.3 is 0 Å². The predicted molar refractivity (Wildman–Crippen MR) is 107 cm³/mol. The van der Waals surface area contributed by atoms with Crippen LogP contribution in [0.15, 0.2) is 24.3 Å². The molecule has 2 saturated heterocycles. The number of rotatable bonds is 4. The second kappa shape index (κ2) is 8.03. The highest BCUT2D eigenvalue weighted by Crippen LogP contribution is 2.44. The molecular weight excluding hydrogens is 344 g/mol. The van der Waals surface area contributed by atoms with Crippen LogP contribution in [0.2, 0.25) is 0 Å². The standard InChI is InChI=1S/C21H30N2O2S/c1-4-17-5-7-18(8-6-17)20(25)22-11-9-21(10-12-22)23(13-14-26-21)19(24)15-16(2)3/h5-8,16H,4,9-15H2,1-3H3.